The first-order chi connectivity index (χ1) is 8.99. The summed E-state index contributed by atoms with van der Waals surface area (Å²) < 4.78 is 18.5. The van der Waals surface area contributed by atoms with Crippen molar-refractivity contribution in [3.63, 3.8) is 0 Å². The van der Waals surface area contributed by atoms with E-state index in [1.165, 1.54) is 12.1 Å². The van der Waals surface area contributed by atoms with Crippen LogP contribution in [-0.4, -0.2) is 42.5 Å². The molecule has 19 heavy (non-hydrogen) atoms. The predicted molar refractivity (Wildman–Crippen MR) is 71.8 cm³/mol. The van der Waals surface area contributed by atoms with E-state index in [9.17, 15) is 9.18 Å². The molecule has 0 atom stereocenters. The van der Waals surface area contributed by atoms with Crippen LogP contribution in [0.3, 0.4) is 0 Å². The average Bonchev–Trinajstić information content (AvgIpc) is 2.36. The monoisotopic (exact) mass is 265 g/mol. The van der Waals surface area contributed by atoms with Crippen molar-refractivity contribution in [3.8, 4) is 0 Å². The summed E-state index contributed by atoms with van der Waals surface area (Å²) in [5, 5.41) is 0. The summed E-state index contributed by atoms with van der Waals surface area (Å²) in [6.45, 7) is 7.13. The van der Waals surface area contributed by atoms with E-state index in [0.717, 1.165) is 6.54 Å². The summed E-state index contributed by atoms with van der Waals surface area (Å²) in [6.07, 6.45) is 0.410. The largest absolute Gasteiger partial charge is 0.378 e. The molecular formula is C15H20FNO2. The Morgan fingerprint density at radius 3 is 2.95 bits per heavy atom. The molecule has 0 aromatic heterocycles. The first kappa shape index (κ1) is 14.2. The maximum absolute atomic E-state index is 13.1. The summed E-state index contributed by atoms with van der Waals surface area (Å²) in [6, 6.07) is 5.88. The highest BCUT2D eigenvalue weighted by molar-refractivity contribution is 5.96. The quantitative estimate of drug-likeness (QED) is 0.783. The van der Waals surface area contributed by atoms with Gasteiger partial charge in [-0.15, -0.1) is 0 Å². The van der Waals surface area contributed by atoms with E-state index in [1.807, 2.05) is 0 Å². The number of nitrogens with zero attached hydrogens (tertiary/aromatic N) is 1. The third-order valence-corrected chi connectivity index (χ3v) is 3.57. The Kier molecular flexibility index (Phi) is 4.32. The molecule has 3 nitrogen and oxygen atoms in total. The lowest BCUT2D eigenvalue weighted by molar-refractivity contribution is -0.0502. The van der Waals surface area contributed by atoms with Gasteiger partial charge >= 0.3 is 0 Å². The summed E-state index contributed by atoms with van der Waals surface area (Å²) in [7, 11) is 0. The number of ether oxygens (including phenoxy) is 1. The van der Waals surface area contributed by atoms with Crippen molar-refractivity contribution in [2.24, 2.45) is 0 Å². The molecule has 0 aliphatic carbocycles. The van der Waals surface area contributed by atoms with Crippen LogP contribution in [0.5, 0.6) is 0 Å². The Morgan fingerprint density at radius 1 is 1.47 bits per heavy atom. The minimum Gasteiger partial charge on any atom is -0.378 e. The van der Waals surface area contributed by atoms with Crippen molar-refractivity contribution >= 4 is 5.78 Å². The van der Waals surface area contributed by atoms with Crippen LogP contribution in [0.4, 0.5) is 4.39 Å². The van der Waals surface area contributed by atoms with Gasteiger partial charge in [0.2, 0.25) is 0 Å². The van der Waals surface area contributed by atoms with Crippen molar-refractivity contribution < 1.29 is 13.9 Å². The van der Waals surface area contributed by atoms with Crippen LogP contribution in [-0.2, 0) is 4.74 Å². The van der Waals surface area contributed by atoms with Crippen LogP contribution in [0, 0.1) is 5.82 Å². The molecule has 1 heterocycles. The van der Waals surface area contributed by atoms with E-state index in [2.05, 4.69) is 18.7 Å². The molecule has 1 aliphatic rings. The minimum absolute atomic E-state index is 0.0122. The first-order valence-corrected chi connectivity index (χ1v) is 6.60. The second-order valence-corrected chi connectivity index (χ2v) is 5.54. The Labute approximate surface area is 113 Å². The second kappa shape index (κ2) is 5.80. The van der Waals surface area contributed by atoms with Gasteiger partial charge in [-0.3, -0.25) is 9.69 Å². The van der Waals surface area contributed by atoms with E-state index < -0.39 is 0 Å². The zero-order valence-corrected chi connectivity index (χ0v) is 11.5. The van der Waals surface area contributed by atoms with E-state index in [-0.39, 0.29) is 17.1 Å². The Bertz CT molecular complexity index is 459. The van der Waals surface area contributed by atoms with Crippen molar-refractivity contribution in [1.29, 1.82) is 0 Å². The first-order valence-electron chi connectivity index (χ1n) is 6.60. The number of ketones is 1. The molecule has 1 fully saturated rings. The normalized spacial score (nSPS) is 19.3. The van der Waals surface area contributed by atoms with Crippen molar-refractivity contribution in [2.75, 3.05) is 26.3 Å². The van der Waals surface area contributed by atoms with Crippen LogP contribution >= 0.6 is 0 Å². The van der Waals surface area contributed by atoms with Gasteiger partial charge < -0.3 is 4.74 Å². The predicted octanol–water partition coefficient (Wildman–Crippen LogP) is 2.51. The van der Waals surface area contributed by atoms with Crippen LogP contribution < -0.4 is 0 Å². The summed E-state index contributed by atoms with van der Waals surface area (Å²) in [4.78, 5) is 14.3. The lowest BCUT2D eigenvalue weighted by atomic mass is 10.0. The molecule has 0 N–H and O–H groups in total. The van der Waals surface area contributed by atoms with Gasteiger partial charge in [-0.1, -0.05) is 12.1 Å². The molecule has 2 rings (SSSR count). The fraction of sp³-hybridized carbons (Fsp3) is 0.533. The van der Waals surface area contributed by atoms with Gasteiger partial charge in [0.05, 0.1) is 13.2 Å². The number of rotatable bonds is 4. The lowest BCUT2D eigenvalue weighted by Crippen LogP contribution is -2.53. The molecule has 0 radical (unpaired) electrons. The molecule has 0 amide bonds. The van der Waals surface area contributed by atoms with Gasteiger partial charge in [-0.2, -0.15) is 0 Å². The zero-order valence-electron chi connectivity index (χ0n) is 11.5. The van der Waals surface area contributed by atoms with E-state index >= 15 is 0 Å². The van der Waals surface area contributed by atoms with E-state index in [1.54, 1.807) is 12.1 Å². The zero-order chi connectivity index (χ0) is 13.9. The standard InChI is InChI=1S/C15H20FNO2/c1-15(2)11-19-9-8-17(15)7-6-14(18)12-4-3-5-13(16)10-12/h3-5,10H,6-9,11H2,1-2H3. The van der Waals surface area contributed by atoms with Crippen molar-refractivity contribution in [1.82, 2.24) is 4.90 Å². The topological polar surface area (TPSA) is 29.5 Å². The average molecular weight is 265 g/mol. The number of carbonyl (C=O) groups excluding carboxylic acids is 1. The minimum atomic E-state index is -0.363. The number of halogens is 1. The summed E-state index contributed by atoms with van der Waals surface area (Å²) in [5.41, 5.74) is 0.409. The highest BCUT2D eigenvalue weighted by Gasteiger charge is 2.30. The maximum atomic E-state index is 13.1. The van der Waals surface area contributed by atoms with Gasteiger partial charge in [-0.25, -0.2) is 4.39 Å². The molecule has 1 aromatic carbocycles. The summed E-state index contributed by atoms with van der Waals surface area (Å²) >= 11 is 0. The Morgan fingerprint density at radius 2 is 2.26 bits per heavy atom. The van der Waals surface area contributed by atoms with Crippen LogP contribution in [0.1, 0.15) is 30.6 Å². The summed E-state index contributed by atoms with van der Waals surface area (Å²) in [5.74, 6) is -0.376. The molecule has 1 saturated heterocycles. The molecule has 1 aromatic rings. The molecule has 104 valence electrons. The molecule has 1 aliphatic heterocycles. The fourth-order valence-corrected chi connectivity index (χ4v) is 2.35. The number of morpholine rings is 1. The molecule has 0 spiro atoms. The van der Waals surface area contributed by atoms with E-state index in [4.69, 9.17) is 4.74 Å². The lowest BCUT2D eigenvalue weighted by Gasteiger charge is -2.42. The highest BCUT2D eigenvalue weighted by atomic mass is 19.1. The van der Waals surface area contributed by atoms with Gasteiger partial charge in [0.25, 0.3) is 0 Å². The highest BCUT2D eigenvalue weighted by Crippen LogP contribution is 2.19. The molecule has 0 bridgehead atoms. The number of carbonyl (C=O) groups is 1. The Hall–Kier alpha value is -1.26. The maximum Gasteiger partial charge on any atom is 0.164 e. The third kappa shape index (κ3) is 3.61. The van der Waals surface area contributed by atoms with Crippen molar-refractivity contribution in [2.45, 2.75) is 25.8 Å². The third-order valence-electron chi connectivity index (χ3n) is 3.57. The SMILES string of the molecule is CC1(C)COCCN1CCC(=O)c1cccc(F)c1. The molecule has 4 heteroatoms. The number of Topliss-reactive ketones (excluding diaryl/α,β-unsaturated/α-hetero) is 1. The molecular weight excluding hydrogens is 245 g/mol. The number of hydrogen-bond donors (Lipinski definition) is 0. The number of benzene rings is 1. The van der Waals surface area contributed by atoms with Crippen molar-refractivity contribution in [3.05, 3.63) is 35.6 Å². The van der Waals surface area contributed by atoms with Crippen LogP contribution in [0.15, 0.2) is 24.3 Å². The Balaban J connectivity index is 1.93. The molecule has 0 saturated carbocycles. The van der Waals surface area contributed by atoms with Gasteiger partial charge in [0.1, 0.15) is 5.82 Å². The van der Waals surface area contributed by atoms with Crippen LogP contribution in [0.2, 0.25) is 0 Å². The van der Waals surface area contributed by atoms with Gasteiger partial charge in [0, 0.05) is 30.6 Å². The number of hydrogen-bond acceptors (Lipinski definition) is 3. The van der Waals surface area contributed by atoms with Crippen LogP contribution in [0.25, 0.3) is 0 Å². The smallest absolute Gasteiger partial charge is 0.164 e. The molecule has 0 unspecified atom stereocenters. The van der Waals surface area contributed by atoms with E-state index in [0.29, 0.717) is 31.7 Å². The fourth-order valence-electron chi connectivity index (χ4n) is 2.35. The van der Waals surface area contributed by atoms with Gasteiger partial charge in [-0.05, 0) is 26.0 Å². The second-order valence-electron chi connectivity index (χ2n) is 5.54. The van der Waals surface area contributed by atoms with Gasteiger partial charge in [0.15, 0.2) is 5.78 Å².